The Bertz CT molecular complexity index is 1920. The lowest BCUT2D eigenvalue weighted by Crippen LogP contribution is -2.36. The van der Waals surface area contributed by atoms with Gasteiger partial charge < -0.3 is 24.7 Å². The number of carbonyl (C=O) groups excluding carboxylic acids is 1. The maximum Gasteiger partial charge on any atom is 0.261 e. The van der Waals surface area contributed by atoms with Crippen molar-refractivity contribution in [1.29, 1.82) is 0 Å². The van der Waals surface area contributed by atoms with E-state index in [1.807, 2.05) is 42.6 Å². The zero-order chi connectivity index (χ0) is 33.1. The Balaban J connectivity index is 1.13. The van der Waals surface area contributed by atoms with E-state index in [-0.39, 0.29) is 23.3 Å². The zero-order valence-corrected chi connectivity index (χ0v) is 27.0. The summed E-state index contributed by atoms with van der Waals surface area (Å²) in [4.78, 5) is 42.0. The minimum absolute atomic E-state index is 0.189. The van der Waals surface area contributed by atoms with Crippen molar-refractivity contribution >= 4 is 28.4 Å². The lowest BCUT2D eigenvalue weighted by molar-refractivity contribution is 0.0981. The number of aromatic nitrogens is 4. The fourth-order valence-electron chi connectivity index (χ4n) is 5.69. The summed E-state index contributed by atoms with van der Waals surface area (Å²) in [7, 11) is 0. The largest absolute Gasteiger partial charge is 0.491 e. The lowest BCUT2D eigenvalue weighted by Gasteiger charge is -2.28. The molecule has 1 fully saturated rings. The first-order valence-corrected chi connectivity index (χ1v) is 16.4. The molecular formula is C38H40N6O4. The fraction of sp³-hybridized carbons (Fsp3) is 0.289. The Morgan fingerprint density at radius 1 is 1.02 bits per heavy atom. The van der Waals surface area contributed by atoms with Crippen molar-refractivity contribution in [1.82, 2.24) is 19.5 Å². The number of ketones is 1. The van der Waals surface area contributed by atoms with Crippen LogP contribution in [0.15, 0.2) is 96.3 Å². The smallest absolute Gasteiger partial charge is 0.261 e. The second kappa shape index (κ2) is 16.1. The molecule has 3 aromatic heterocycles. The number of hydrogen-bond donors (Lipinski definition) is 1. The highest BCUT2D eigenvalue weighted by Gasteiger charge is 2.14. The second-order valence-corrected chi connectivity index (χ2v) is 11.8. The van der Waals surface area contributed by atoms with Gasteiger partial charge in [-0.3, -0.25) is 14.6 Å². The predicted octanol–water partition coefficient (Wildman–Crippen LogP) is 5.07. The number of hydrogen-bond acceptors (Lipinski definition) is 9. The number of morpholine rings is 1. The molecule has 48 heavy (non-hydrogen) atoms. The van der Waals surface area contributed by atoms with Gasteiger partial charge in [0.1, 0.15) is 17.1 Å². The van der Waals surface area contributed by atoms with Crippen LogP contribution < -0.4 is 20.9 Å². The standard InChI is InChI=1S/C38H40N6O4/c39-14-5-19-48-35-23-29(6-1-2-9-34(45)33-8-4-16-44(38(33)46)27-30-7-3-15-40-25-30)22-31-26-41-36(42-37(31)35)24-28-10-12-32(13-11-28)43-17-20-47-21-18-43/h1,3-4,6-8,10-13,15-16,22-23,25-26H,2,5,9,14,17-21,24,27,39H2/b6-1+. The molecule has 1 aliphatic rings. The summed E-state index contributed by atoms with van der Waals surface area (Å²) in [6, 6.07) is 19.6. The van der Waals surface area contributed by atoms with E-state index < -0.39 is 0 Å². The molecule has 2 aromatic carbocycles. The Morgan fingerprint density at radius 2 is 1.88 bits per heavy atom. The van der Waals surface area contributed by atoms with Crippen molar-refractivity contribution in [3.8, 4) is 5.75 Å². The highest BCUT2D eigenvalue weighted by atomic mass is 16.5. The molecule has 6 rings (SSSR count). The molecule has 10 heteroatoms. The van der Waals surface area contributed by atoms with E-state index in [1.165, 1.54) is 10.3 Å². The molecule has 246 valence electrons. The summed E-state index contributed by atoms with van der Waals surface area (Å²) in [6.07, 6.45) is 12.8. The topological polar surface area (TPSA) is 125 Å². The van der Waals surface area contributed by atoms with E-state index >= 15 is 0 Å². The molecule has 0 unspecified atom stereocenters. The number of benzene rings is 2. The monoisotopic (exact) mass is 644 g/mol. The quantitative estimate of drug-likeness (QED) is 0.130. The van der Waals surface area contributed by atoms with Crippen LogP contribution in [0.2, 0.25) is 0 Å². The average Bonchev–Trinajstić information content (AvgIpc) is 3.12. The number of fused-ring (bicyclic) bond motifs is 1. The van der Waals surface area contributed by atoms with E-state index in [9.17, 15) is 9.59 Å². The molecule has 10 nitrogen and oxygen atoms in total. The highest BCUT2D eigenvalue weighted by molar-refractivity contribution is 5.95. The van der Waals surface area contributed by atoms with Gasteiger partial charge >= 0.3 is 0 Å². The molecule has 0 atom stereocenters. The van der Waals surface area contributed by atoms with Gasteiger partial charge in [0.15, 0.2) is 5.78 Å². The highest BCUT2D eigenvalue weighted by Crippen LogP contribution is 2.28. The zero-order valence-electron chi connectivity index (χ0n) is 27.0. The Kier molecular flexibility index (Phi) is 11.0. The van der Waals surface area contributed by atoms with Gasteiger partial charge in [0.25, 0.3) is 5.56 Å². The van der Waals surface area contributed by atoms with E-state index in [2.05, 4.69) is 39.1 Å². The van der Waals surface area contributed by atoms with Crippen LogP contribution in [0.25, 0.3) is 17.0 Å². The van der Waals surface area contributed by atoms with Gasteiger partial charge in [0.2, 0.25) is 0 Å². The van der Waals surface area contributed by atoms with Crippen molar-refractivity contribution in [3.05, 3.63) is 130 Å². The van der Waals surface area contributed by atoms with Crippen LogP contribution in [0.4, 0.5) is 5.69 Å². The van der Waals surface area contributed by atoms with Gasteiger partial charge in [-0.05, 0) is 78.5 Å². The first-order chi connectivity index (χ1) is 23.6. The number of nitrogens with two attached hydrogens (primary N) is 1. The Morgan fingerprint density at radius 3 is 2.67 bits per heavy atom. The molecular weight excluding hydrogens is 604 g/mol. The van der Waals surface area contributed by atoms with Crippen LogP contribution in [-0.4, -0.2) is 64.8 Å². The van der Waals surface area contributed by atoms with Crippen LogP contribution >= 0.6 is 0 Å². The molecule has 0 amide bonds. The predicted molar refractivity (Wildman–Crippen MR) is 188 cm³/mol. The number of carbonyl (C=O) groups is 1. The van der Waals surface area contributed by atoms with Gasteiger partial charge in [-0.15, -0.1) is 0 Å². The second-order valence-electron chi connectivity index (χ2n) is 11.8. The summed E-state index contributed by atoms with van der Waals surface area (Å²) in [5, 5.41) is 0.862. The SMILES string of the molecule is NCCCOc1cc(/C=C/CCC(=O)c2cccn(Cc3cccnc3)c2=O)cc2cnc(Cc3ccc(N4CCOCC4)cc3)nc12. The van der Waals surface area contributed by atoms with Crippen molar-refractivity contribution in [3.63, 3.8) is 0 Å². The van der Waals surface area contributed by atoms with Gasteiger partial charge in [-0.2, -0.15) is 0 Å². The molecule has 5 aromatic rings. The molecule has 0 radical (unpaired) electrons. The van der Waals surface area contributed by atoms with Crippen molar-refractivity contribution < 1.29 is 14.3 Å². The first kappa shape index (κ1) is 32.7. The normalized spacial score (nSPS) is 13.3. The number of pyridine rings is 2. The van der Waals surface area contributed by atoms with E-state index in [1.54, 1.807) is 30.7 Å². The number of allylic oxidation sites excluding steroid dienone is 1. The fourth-order valence-corrected chi connectivity index (χ4v) is 5.69. The number of nitrogens with zero attached hydrogens (tertiary/aromatic N) is 5. The molecule has 0 spiro atoms. The molecule has 0 bridgehead atoms. The molecule has 0 saturated carbocycles. The van der Waals surface area contributed by atoms with Crippen molar-refractivity contribution in [2.75, 3.05) is 44.4 Å². The van der Waals surface area contributed by atoms with Crippen molar-refractivity contribution in [2.24, 2.45) is 5.73 Å². The van der Waals surface area contributed by atoms with E-state index in [4.69, 9.17) is 20.2 Å². The third kappa shape index (κ3) is 8.39. The number of ether oxygens (including phenoxy) is 2. The van der Waals surface area contributed by atoms with E-state index in [0.29, 0.717) is 44.1 Å². The maximum atomic E-state index is 13.0. The summed E-state index contributed by atoms with van der Waals surface area (Å²) in [5.74, 6) is 1.19. The Hall–Kier alpha value is -5.19. The van der Waals surface area contributed by atoms with Crippen LogP contribution in [0, 0.1) is 0 Å². The summed E-state index contributed by atoms with van der Waals surface area (Å²) >= 11 is 0. The van der Waals surface area contributed by atoms with Crippen LogP contribution in [0.5, 0.6) is 5.75 Å². The maximum absolute atomic E-state index is 13.0. The minimum Gasteiger partial charge on any atom is -0.491 e. The van der Waals surface area contributed by atoms with Crippen LogP contribution in [0.3, 0.4) is 0 Å². The third-order valence-electron chi connectivity index (χ3n) is 8.25. The van der Waals surface area contributed by atoms with Crippen LogP contribution in [0.1, 0.15) is 52.1 Å². The van der Waals surface area contributed by atoms with E-state index in [0.717, 1.165) is 60.3 Å². The van der Waals surface area contributed by atoms with Crippen molar-refractivity contribution in [2.45, 2.75) is 32.2 Å². The number of anilines is 1. The van der Waals surface area contributed by atoms with Gasteiger partial charge in [0, 0.05) is 61.8 Å². The minimum atomic E-state index is -0.298. The Labute approximate surface area is 279 Å². The summed E-state index contributed by atoms with van der Waals surface area (Å²) < 4.78 is 13.2. The van der Waals surface area contributed by atoms with Gasteiger partial charge in [-0.25, -0.2) is 9.97 Å². The van der Waals surface area contributed by atoms with Gasteiger partial charge in [0.05, 0.1) is 31.9 Å². The summed E-state index contributed by atoms with van der Waals surface area (Å²) in [6.45, 7) is 4.68. The molecule has 2 N–H and O–H groups in total. The molecule has 1 saturated heterocycles. The van der Waals surface area contributed by atoms with Crippen LogP contribution in [-0.2, 0) is 17.7 Å². The molecule has 0 aliphatic carbocycles. The summed E-state index contributed by atoms with van der Waals surface area (Å²) in [5.41, 5.74) is 10.5. The molecule has 1 aliphatic heterocycles. The number of rotatable bonds is 14. The lowest BCUT2D eigenvalue weighted by atomic mass is 10.1. The third-order valence-corrected chi connectivity index (χ3v) is 8.25. The van der Waals surface area contributed by atoms with Gasteiger partial charge in [-0.1, -0.05) is 30.4 Å². The average molecular weight is 645 g/mol. The first-order valence-electron chi connectivity index (χ1n) is 16.4. The molecule has 4 heterocycles. The number of Topliss-reactive ketones (excluding diaryl/α,β-unsaturated/α-hetero) is 1.